The van der Waals surface area contributed by atoms with E-state index in [-0.39, 0.29) is 5.78 Å². The number of Topliss-reactive ketones (excluding diaryl/α,β-unsaturated/α-hetero) is 1. The zero-order valence-corrected chi connectivity index (χ0v) is 16.3. The van der Waals surface area contributed by atoms with Crippen LogP contribution in [0.1, 0.15) is 27.5 Å². The second kappa shape index (κ2) is 7.08. The van der Waals surface area contributed by atoms with Crippen LogP contribution in [0.15, 0.2) is 64.0 Å². The highest BCUT2D eigenvalue weighted by Crippen LogP contribution is 2.26. The van der Waals surface area contributed by atoms with Crippen LogP contribution < -0.4 is 0 Å². The van der Waals surface area contributed by atoms with Crippen molar-refractivity contribution in [2.24, 2.45) is 0 Å². The number of benzene rings is 2. The molecule has 4 nitrogen and oxygen atoms in total. The standard InChI is InChI=1S/C22H20N2O2S/c1-14-10-20(16(3)24(14)22-11-15(2)26-23-22)21(25)13-27-19-9-8-17-6-4-5-7-18(17)12-19/h4-12H,13H2,1-3H3. The summed E-state index contributed by atoms with van der Waals surface area (Å²) in [5.41, 5.74) is 2.60. The number of nitrogens with zero attached hydrogens (tertiary/aromatic N) is 2. The van der Waals surface area contributed by atoms with Crippen molar-refractivity contribution in [2.75, 3.05) is 5.75 Å². The first-order valence-corrected chi connectivity index (χ1v) is 9.79. The molecule has 27 heavy (non-hydrogen) atoms. The predicted molar refractivity (Wildman–Crippen MR) is 109 cm³/mol. The molecule has 2 aromatic carbocycles. The maximum Gasteiger partial charge on any atom is 0.180 e. The maximum absolute atomic E-state index is 12.8. The number of thioether (sulfide) groups is 1. The number of ketones is 1. The van der Waals surface area contributed by atoms with Gasteiger partial charge in [-0.05, 0) is 49.7 Å². The van der Waals surface area contributed by atoms with Crippen LogP contribution in [-0.2, 0) is 0 Å². The molecule has 0 atom stereocenters. The SMILES string of the molecule is Cc1cc(-n2c(C)cc(C(=O)CSc3ccc4ccccc4c3)c2C)no1. The first kappa shape index (κ1) is 17.6. The van der Waals surface area contributed by atoms with E-state index in [1.54, 1.807) is 11.8 Å². The first-order chi connectivity index (χ1) is 13.0. The Morgan fingerprint density at radius 2 is 1.81 bits per heavy atom. The number of hydrogen-bond donors (Lipinski definition) is 0. The summed E-state index contributed by atoms with van der Waals surface area (Å²) in [6.45, 7) is 5.78. The zero-order valence-electron chi connectivity index (χ0n) is 15.5. The minimum absolute atomic E-state index is 0.118. The third-order valence-corrected chi connectivity index (χ3v) is 5.66. The molecule has 0 bridgehead atoms. The number of aromatic nitrogens is 2. The van der Waals surface area contributed by atoms with Crippen LogP contribution in [0.3, 0.4) is 0 Å². The third kappa shape index (κ3) is 3.43. The van der Waals surface area contributed by atoms with Crippen LogP contribution in [0, 0.1) is 20.8 Å². The Morgan fingerprint density at radius 1 is 1.04 bits per heavy atom. The van der Waals surface area contributed by atoms with Gasteiger partial charge in [0.2, 0.25) is 0 Å². The summed E-state index contributed by atoms with van der Waals surface area (Å²) in [5, 5.41) is 6.47. The van der Waals surface area contributed by atoms with Crippen molar-refractivity contribution in [3.63, 3.8) is 0 Å². The van der Waals surface area contributed by atoms with Crippen molar-refractivity contribution < 1.29 is 9.32 Å². The van der Waals surface area contributed by atoms with Gasteiger partial charge in [0, 0.05) is 27.9 Å². The van der Waals surface area contributed by atoms with Crippen LogP contribution in [0.4, 0.5) is 0 Å². The maximum atomic E-state index is 12.8. The summed E-state index contributed by atoms with van der Waals surface area (Å²) in [6, 6.07) is 18.4. The lowest BCUT2D eigenvalue weighted by Crippen LogP contribution is -2.05. The Kier molecular flexibility index (Phi) is 4.62. The Balaban J connectivity index is 1.54. The molecule has 0 aliphatic rings. The lowest BCUT2D eigenvalue weighted by Gasteiger charge is -2.06. The van der Waals surface area contributed by atoms with E-state index in [1.807, 2.05) is 49.6 Å². The fourth-order valence-corrected chi connectivity index (χ4v) is 4.17. The summed E-state index contributed by atoms with van der Waals surface area (Å²) in [5.74, 6) is 1.98. The molecule has 0 amide bonds. The fourth-order valence-electron chi connectivity index (χ4n) is 3.34. The van der Waals surface area contributed by atoms with E-state index in [9.17, 15) is 4.79 Å². The average molecular weight is 376 g/mol. The van der Waals surface area contributed by atoms with Crippen LogP contribution >= 0.6 is 11.8 Å². The van der Waals surface area contributed by atoms with Gasteiger partial charge in [-0.25, -0.2) is 0 Å². The molecule has 136 valence electrons. The summed E-state index contributed by atoms with van der Waals surface area (Å²) in [6.07, 6.45) is 0. The van der Waals surface area contributed by atoms with Crippen LogP contribution in [0.25, 0.3) is 16.6 Å². The number of aryl methyl sites for hydroxylation is 2. The quantitative estimate of drug-likeness (QED) is 0.340. The zero-order chi connectivity index (χ0) is 19.0. The molecule has 0 saturated heterocycles. The largest absolute Gasteiger partial charge is 0.360 e. The van der Waals surface area contributed by atoms with E-state index in [0.717, 1.165) is 27.6 Å². The van der Waals surface area contributed by atoms with Gasteiger partial charge in [-0.3, -0.25) is 9.36 Å². The lowest BCUT2D eigenvalue weighted by molar-refractivity contribution is 0.102. The third-order valence-electron chi connectivity index (χ3n) is 4.67. The molecule has 0 saturated carbocycles. The fraction of sp³-hybridized carbons (Fsp3) is 0.182. The highest BCUT2D eigenvalue weighted by Gasteiger charge is 2.18. The van der Waals surface area contributed by atoms with Gasteiger partial charge in [0.05, 0.1) is 5.75 Å². The average Bonchev–Trinajstić information content (AvgIpc) is 3.22. The number of hydrogen-bond acceptors (Lipinski definition) is 4. The van der Waals surface area contributed by atoms with Gasteiger partial charge in [0.25, 0.3) is 0 Å². The second-order valence-corrected chi connectivity index (χ2v) is 7.69. The van der Waals surface area contributed by atoms with Crippen LogP contribution in [-0.4, -0.2) is 21.3 Å². The number of rotatable bonds is 5. The first-order valence-electron chi connectivity index (χ1n) is 8.80. The number of fused-ring (bicyclic) bond motifs is 1. The van der Waals surface area contributed by atoms with E-state index >= 15 is 0 Å². The molecule has 0 aliphatic carbocycles. The van der Waals surface area contributed by atoms with Crippen LogP contribution in [0.2, 0.25) is 0 Å². The highest BCUT2D eigenvalue weighted by molar-refractivity contribution is 8.00. The van der Waals surface area contributed by atoms with Crippen molar-refractivity contribution in [2.45, 2.75) is 25.7 Å². The van der Waals surface area contributed by atoms with Crippen molar-refractivity contribution in [1.29, 1.82) is 0 Å². The van der Waals surface area contributed by atoms with E-state index in [0.29, 0.717) is 11.6 Å². The molecular weight excluding hydrogens is 356 g/mol. The Bertz CT molecular complexity index is 1140. The highest BCUT2D eigenvalue weighted by atomic mass is 32.2. The van der Waals surface area contributed by atoms with Crippen molar-refractivity contribution in [3.8, 4) is 5.82 Å². The van der Waals surface area contributed by atoms with Crippen molar-refractivity contribution >= 4 is 28.3 Å². The van der Waals surface area contributed by atoms with Gasteiger partial charge >= 0.3 is 0 Å². The van der Waals surface area contributed by atoms with Crippen LogP contribution in [0.5, 0.6) is 0 Å². The minimum atomic E-state index is 0.118. The minimum Gasteiger partial charge on any atom is -0.360 e. The molecule has 4 rings (SSSR count). The van der Waals surface area contributed by atoms with Gasteiger partial charge in [-0.1, -0.05) is 35.5 Å². The normalized spacial score (nSPS) is 11.2. The van der Waals surface area contributed by atoms with Gasteiger partial charge < -0.3 is 4.52 Å². The second-order valence-electron chi connectivity index (χ2n) is 6.64. The molecule has 0 aliphatic heterocycles. The van der Waals surface area contributed by atoms with Gasteiger partial charge in [0.15, 0.2) is 11.6 Å². The van der Waals surface area contributed by atoms with Gasteiger partial charge in [-0.15, -0.1) is 11.8 Å². The van der Waals surface area contributed by atoms with E-state index in [1.165, 1.54) is 10.8 Å². The summed E-state index contributed by atoms with van der Waals surface area (Å²) >= 11 is 1.57. The van der Waals surface area contributed by atoms with Gasteiger partial charge in [0.1, 0.15) is 5.76 Å². The Morgan fingerprint density at radius 3 is 2.56 bits per heavy atom. The molecular formula is C22H20N2O2S. The molecule has 2 heterocycles. The smallest absolute Gasteiger partial charge is 0.180 e. The lowest BCUT2D eigenvalue weighted by atomic mass is 10.1. The predicted octanol–water partition coefficient (Wildman–Crippen LogP) is 5.52. The molecule has 0 N–H and O–H groups in total. The summed E-state index contributed by atoms with van der Waals surface area (Å²) in [7, 11) is 0. The number of carbonyl (C=O) groups excluding carboxylic acids is 1. The molecule has 4 aromatic rings. The molecule has 0 fully saturated rings. The van der Waals surface area contributed by atoms with Crippen molar-refractivity contribution in [1.82, 2.24) is 9.72 Å². The van der Waals surface area contributed by atoms with Gasteiger partial charge in [-0.2, -0.15) is 0 Å². The topological polar surface area (TPSA) is 48.0 Å². The molecule has 0 radical (unpaired) electrons. The monoisotopic (exact) mass is 376 g/mol. The van der Waals surface area contributed by atoms with E-state index in [4.69, 9.17) is 4.52 Å². The summed E-state index contributed by atoms with van der Waals surface area (Å²) in [4.78, 5) is 13.9. The van der Waals surface area contributed by atoms with E-state index in [2.05, 4.69) is 35.5 Å². The summed E-state index contributed by atoms with van der Waals surface area (Å²) < 4.78 is 7.14. The molecule has 2 aromatic heterocycles. The van der Waals surface area contributed by atoms with E-state index < -0.39 is 0 Å². The number of carbonyl (C=O) groups is 1. The molecule has 0 spiro atoms. The van der Waals surface area contributed by atoms with Crippen molar-refractivity contribution in [3.05, 3.63) is 77.3 Å². The molecule has 0 unspecified atom stereocenters. The Labute approximate surface area is 162 Å². The Hall–Kier alpha value is -2.79. The molecule has 5 heteroatoms.